The summed E-state index contributed by atoms with van der Waals surface area (Å²) in [6.07, 6.45) is 1.54. The van der Waals surface area contributed by atoms with Gasteiger partial charge in [-0.3, -0.25) is 9.59 Å². The fourth-order valence-electron chi connectivity index (χ4n) is 2.43. The molecule has 1 saturated heterocycles. The Balaban J connectivity index is 1.76. The van der Waals surface area contributed by atoms with Gasteiger partial charge in [0.2, 0.25) is 0 Å². The van der Waals surface area contributed by atoms with E-state index in [0.29, 0.717) is 31.7 Å². The summed E-state index contributed by atoms with van der Waals surface area (Å²) in [4.78, 5) is 24.3. The minimum absolute atomic E-state index is 0.132. The molecule has 0 spiro atoms. The molecule has 5 nitrogen and oxygen atoms in total. The molecule has 1 fully saturated rings. The molecule has 114 valence electrons. The van der Waals surface area contributed by atoms with Crippen molar-refractivity contribution in [3.63, 3.8) is 0 Å². The summed E-state index contributed by atoms with van der Waals surface area (Å²) >= 11 is 0. The number of hydrogen-bond donors (Lipinski definition) is 1. The van der Waals surface area contributed by atoms with Gasteiger partial charge in [0.05, 0.1) is 0 Å². The first-order chi connectivity index (χ1) is 10.0. The topological polar surface area (TPSA) is 66.8 Å². The van der Waals surface area contributed by atoms with Crippen LogP contribution in [0.2, 0.25) is 0 Å². The minimum Gasteiger partial charge on any atom is -0.484 e. The van der Waals surface area contributed by atoms with Crippen LogP contribution in [0, 0.1) is 11.7 Å². The summed E-state index contributed by atoms with van der Waals surface area (Å²) in [5.41, 5.74) is 0. The van der Waals surface area contributed by atoms with Crippen molar-refractivity contribution < 1.29 is 23.8 Å². The molecule has 0 aliphatic carbocycles. The molecule has 0 atom stereocenters. The molecule has 1 amide bonds. The van der Waals surface area contributed by atoms with Gasteiger partial charge in [0.25, 0.3) is 5.91 Å². The lowest BCUT2D eigenvalue weighted by atomic mass is 9.94. The molecule has 0 aromatic heterocycles. The second kappa shape index (κ2) is 7.06. The number of ether oxygens (including phenoxy) is 1. The highest BCUT2D eigenvalue weighted by atomic mass is 19.1. The van der Waals surface area contributed by atoms with E-state index in [4.69, 9.17) is 9.84 Å². The van der Waals surface area contributed by atoms with Gasteiger partial charge in [0, 0.05) is 25.6 Å². The number of aliphatic carboxylic acids is 1. The lowest BCUT2D eigenvalue weighted by Gasteiger charge is -2.31. The molecule has 1 aliphatic heterocycles. The van der Waals surface area contributed by atoms with E-state index in [-0.39, 0.29) is 24.9 Å². The molecule has 1 aromatic carbocycles. The molecule has 1 aromatic rings. The first-order valence-corrected chi connectivity index (χ1v) is 6.92. The fourth-order valence-corrected chi connectivity index (χ4v) is 2.43. The lowest BCUT2D eigenvalue weighted by Crippen LogP contribution is -2.41. The largest absolute Gasteiger partial charge is 0.484 e. The highest BCUT2D eigenvalue weighted by Gasteiger charge is 2.24. The van der Waals surface area contributed by atoms with E-state index in [1.807, 2.05) is 0 Å². The van der Waals surface area contributed by atoms with Crippen molar-refractivity contribution in [2.24, 2.45) is 5.92 Å². The molecular weight excluding hydrogens is 277 g/mol. The van der Waals surface area contributed by atoms with Gasteiger partial charge in [-0.1, -0.05) is 6.07 Å². The molecule has 0 bridgehead atoms. The smallest absolute Gasteiger partial charge is 0.303 e. The summed E-state index contributed by atoms with van der Waals surface area (Å²) in [6, 6.07) is 5.65. The van der Waals surface area contributed by atoms with Crippen molar-refractivity contribution in [3.05, 3.63) is 30.1 Å². The molecule has 0 radical (unpaired) electrons. The van der Waals surface area contributed by atoms with Crippen LogP contribution in [-0.4, -0.2) is 41.6 Å². The van der Waals surface area contributed by atoms with Crippen molar-refractivity contribution in [2.75, 3.05) is 19.7 Å². The van der Waals surface area contributed by atoms with E-state index in [1.54, 1.807) is 11.0 Å². The Morgan fingerprint density at radius 2 is 2.05 bits per heavy atom. The normalized spacial score (nSPS) is 15.8. The predicted octanol–water partition coefficient (Wildman–Crippen LogP) is 1.92. The van der Waals surface area contributed by atoms with Crippen LogP contribution in [0.3, 0.4) is 0 Å². The molecule has 0 unspecified atom stereocenters. The zero-order valence-electron chi connectivity index (χ0n) is 11.6. The molecule has 2 rings (SSSR count). The lowest BCUT2D eigenvalue weighted by molar-refractivity contribution is -0.139. The molecule has 1 aliphatic rings. The Morgan fingerprint density at radius 3 is 2.67 bits per heavy atom. The SMILES string of the molecule is O=C(O)CC1CCN(C(=O)COc2cccc(F)c2)CC1. The Morgan fingerprint density at radius 1 is 1.33 bits per heavy atom. The minimum atomic E-state index is -0.797. The number of halogens is 1. The fraction of sp³-hybridized carbons (Fsp3) is 0.467. The van der Waals surface area contributed by atoms with Crippen LogP contribution in [0.5, 0.6) is 5.75 Å². The van der Waals surface area contributed by atoms with E-state index in [2.05, 4.69) is 0 Å². The number of likely N-dealkylation sites (tertiary alicyclic amines) is 1. The Bertz CT molecular complexity index is 512. The molecule has 1 N–H and O–H groups in total. The molecular formula is C15H18FNO4. The summed E-state index contributed by atoms with van der Waals surface area (Å²) in [7, 11) is 0. The maximum absolute atomic E-state index is 13.0. The van der Waals surface area contributed by atoms with Crippen molar-refractivity contribution in [1.82, 2.24) is 4.90 Å². The standard InChI is InChI=1S/C15H18FNO4/c16-12-2-1-3-13(9-12)21-10-14(18)17-6-4-11(5-7-17)8-15(19)20/h1-3,9,11H,4-8,10H2,(H,19,20). The highest BCUT2D eigenvalue weighted by molar-refractivity contribution is 5.77. The third kappa shape index (κ3) is 4.73. The maximum Gasteiger partial charge on any atom is 0.303 e. The maximum atomic E-state index is 13.0. The number of piperidine rings is 1. The Kier molecular flexibility index (Phi) is 5.14. The molecule has 21 heavy (non-hydrogen) atoms. The van der Waals surface area contributed by atoms with Gasteiger partial charge in [0.15, 0.2) is 6.61 Å². The van der Waals surface area contributed by atoms with E-state index in [1.165, 1.54) is 18.2 Å². The van der Waals surface area contributed by atoms with Crippen LogP contribution in [-0.2, 0) is 9.59 Å². The number of benzene rings is 1. The summed E-state index contributed by atoms with van der Waals surface area (Å²) in [5, 5.41) is 8.74. The van der Waals surface area contributed by atoms with Crippen LogP contribution in [0.15, 0.2) is 24.3 Å². The van der Waals surface area contributed by atoms with Gasteiger partial charge in [-0.05, 0) is 30.9 Å². The van der Waals surface area contributed by atoms with Crippen molar-refractivity contribution in [1.29, 1.82) is 0 Å². The number of carbonyl (C=O) groups excluding carboxylic acids is 1. The summed E-state index contributed by atoms with van der Waals surface area (Å²) in [5.74, 6) is -0.906. The van der Waals surface area contributed by atoms with Gasteiger partial charge >= 0.3 is 5.97 Å². The second-order valence-corrected chi connectivity index (χ2v) is 5.17. The van der Waals surface area contributed by atoms with E-state index < -0.39 is 11.8 Å². The monoisotopic (exact) mass is 295 g/mol. The van der Waals surface area contributed by atoms with Crippen molar-refractivity contribution in [3.8, 4) is 5.75 Å². The van der Waals surface area contributed by atoms with Gasteiger partial charge in [-0.25, -0.2) is 4.39 Å². The van der Waals surface area contributed by atoms with Crippen LogP contribution in [0.1, 0.15) is 19.3 Å². The third-order valence-electron chi connectivity index (χ3n) is 3.59. The Labute approximate surface area is 122 Å². The first kappa shape index (κ1) is 15.3. The first-order valence-electron chi connectivity index (χ1n) is 6.92. The number of carboxylic acid groups (broad SMARTS) is 1. The number of amides is 1. The zero-order chi connectivity index (χ0) is 15.2. The highest BCUT2D eigenvalue weighted by Crippen LogP contribution is 2.20. The molecule has 6 heteroatoms. The quantitative estimate of drug-likeness (QED) is 0.901. The average molecular weight is 295 g/mol. The summed E-state index contributed by atoms with van der Waals surface area (Å²) in [6.45, 7) is 0.958. The van der Waals surface area contributed by atoms with Crippen LogP contribution in [0.25, 0.3) is 0 Å². The summed E-state index contributed by atoms with van der Waals surface area (Å²) < 4.78 is 18.2. The van der Waals surface area contributed by atoms with Crippen LogP contribution < -0.4 is 4.74 Å². The van der Waals surface area contributed by atoms with Crippen molar-refractivity contribution in [2.45, 2.75) is 19.3 Å². The van der Waals surface area contributed by atoms with Gasteiger partial charge in [0.1, 0.15) is 11.6 Å². The molecule has 0 saturated carbocycles. The van der Waals surface area contributed by atoms with Gasteiger partial charge in [-0.2, -0.15) is 0 Å². The third-order valence-corrected chi connectivity index (χ3v) is 3.59. The number of nitrogens with zero attached hydrogens (tertiary/aromatic N) is 1. The van der Waals surface area contributed by atoms with Gasteiger partial charge < -0.3 is 14.7 Å². The number of hydrogen-bond acceptors (Lipinski definition) is 3. The predicted molar refractivity (Wildman–Crippen MR) is 73.5 cm³/mol. The zero-order valence-corrected chi connectivity index (χ0v) is 11.6. The van der Waals surface area contributed by atoms with E-state index in [0.717, 1.165) is 0 Å². The number of carbonyl (C=O) groups is 2. The van der Waals surface area contributed by atoms with E-state index >= 15 is 0 Å². The number of rotatable bonds is 5. The number of carboxylic acids is 1. The van der Waals surface area contributed by atoms with Crippen LogP contribution in [0.4, 0.5) is 4.39 Å². The molecule has 1 heterocycles. The average Bonchev–Trinajstić information content (AvgIpc) is 2.45. The van der Waals surface area contributed by atoms with Crippen LogP contribution >= 0.6 is 0 Å². The van der Waals surface area contributed by atoms with Gasteiger partial charge in [-0.15, -0.1) is 0 Å². The second-order valence-electron chi connectivity index (χ2n) is 5.17. The van der Waals surface area contributed by atoms with Crippen molar-refractivity contribution >= 4 is 11.9 Å². The van der Waals surface area contributed by atoms with E-state index in [9.17, 15) is 14.0 Å². The Hall–Kier alpha value is -2.11.